The van der Waals surface area contributed by atoms with Crippen molar-refractivity contribution in [1.82, 2.24) is 19.5 Å². The predicted octanol–water partition coefficient (Wildman–Crippen LogP) is 3.58. The van der Waals surface area contributed by atoms with E-state index in [0.29, 0.717) is 26.2 Å². The summed E-state index contributed by atoms with van der Waals surface area (Å²) in [5.74, 6) is -0.550. The zero-order chi connectivity index (χ0) is 24.7. The Hall–Kier alpha value is -4.26. The zero-order valence-corrected chi connectivity index (χ0v) is 18.7. The van der Waals surface area contributed by atoms with Crippen molar-refractivity contribution < 1.29 is 18.0 Å². The normalized spacial score (nSPS) is 14.3. The number of halogens is 3. The lowest BCUT2D eigenvalue weighted by atomic mass is 10.1. The highest BCUT2D eigenvalue weighted by Gasteiger charge is 2.39. The maximum absolute atomic E-state index is 13.9. The second kappa shape index (κ2) is 8.51. The zero-order valence-electron chi connectivity index (χ0n) is 18.7. The molecule has 1 saturated heterocycles. The second-order valence-corrected chi connectivity index (χ2v) is 8.23. The summed E-state index contributed by atoms with van der Waals surface area (Å²) in [6, 6.07) is 19.1. The van der Waals surface area contributed by atoms with Crippen LogP contribution in [0.25, 0.3) is 16.8 Å². The largest absolute Gasteiger partial charge is 0.433 e. The third-order valence-electron chi connectivity index (χ3n) is 6.09. The summed E-state index contributed by atoms with van der Waals surface area (Å²) in [5.41, 5.74) is -1.31. The Kier molecular flexibility index (Phi) is 5.47. The average molecular weight is 479 g/mol. The summed E-state index contributed by atoms with van der Waals surface area (Å²) >= 11 is 0. The first-order valence-electron chi connectivity index (χ1n) is 11.0. The van der Waals surface area contributed by atoms with Crippen LogP contribution in [0, 0.1) is 19.1 Å². The molecular formula is C25H20F3N5O2. The molecule has 10 heteroatoms. The fourth-order valence-corrected chi connectivity index (χ4v) is 4.37. The number of alkyl halides is 3. The molecule has 1 amide bonds. The molecule has 2 aromatic carbocycles. The lowest BCUT2D eigenvalue weighted by Gasteiger charge is -2.35. The standard InChI is InChI=1S/C25H20F3N5O2/c1-16-19(23(34)32-14-12-31(13-15-32)18-10-6-3-7-11-18)24(35)33-22(29-16)20(17-8-4-2-5-9-17)21(30-33)25(26,27)28/h2,4-6,8-11,30H,12-15H2,1H3. The van der Waals surface area contributed by atoms with Crippen LogP contribution in [-0.4, -0.2) is 51.6 Å². The van der Waals surface area contributed by atoms with Gasteiger partial charge in [-0.05, 0) is 24.6 Å². The summed E-state index contributed by atoms with van der Waals surface area (Å²) < 4.78 is 42.3. The van der Waals surface area contributed by atoms with Crippen LogP contribution in [-0.2, 0) is 6.18 Å². The number of fused-ring (bicyclic) bond motifs is 1. The minimum atomic E-state index is -4.76. The maximum atomic E-state index is 13.9. The molecule has 0 bridgehead atoms. The minimum absolute atomic E-state index is 0.0838. The molecule has 2 aromatic heterocycles. The molecule has 178 valence electrons. The number of nitrogens with zero attached hydrogens (tertiary/aromatic N) is 4. The first kappa shape index (κ1) is 22.5. The number of nitrogens with one attached hydrogen (secondary N) is 1. The number of rotatable bonds is 3. The lowest BCUT2D eigenvalue weighted by Crippen LogP contribution is -2.50. The van der Waals surface area contributed by atoms with Gasteiger partial charge >= 0.3 is 6.18 Å². The smallest absolute Gasteiger partial charge is 0.367 e. The van der Waals surface area contributed by atoms with Crippen molar-refractivity contribution in [2.45, 2.75) is 13.1 Å². The minimum Gasteiger partial charge on any atom is -0.367 e. The van der Waals surface area contributed by atoms with Gasteiger partial charge in [-0.1, -0.05) is 42.5 Å². The van der Waals surface area contributed by atoms with Crippen molar-refractivity contribution in [3.63, 3.8) is 0 Å². The number of carbonyl (C=O) groups excluding carboxylic acids is 1. The summed E-state index contributed by atoms with van der Waals surface area (Å²) in [6.45, 7) is 3.26. The third kappa shape index (κ3) is 3.99. The van der Waals surface area contributed by atoms with E-state index in [9.17, 15) is 22.8 Å². The number of hydrogen-bond acceptors (Lipinski definition) is 4. The molecule has 7 nitrogen and oxygen atoms in total. The van der Waals surface area contributed by atoms with Gasteiger partial charge in [-0.15, -0.1) is 0 Å². The van der Waals surface area contributed by atoms with E-state index in [-0.39, 0.29) is 28.0 Å². The van der Waals surface area contributed by atoms with Crippen LogP contribution in [0.4, 0.5) is 18.9 Å². The Bertz CT molecular complexity index is 1440. The van der Waals surface area contributed by atoms with Gasteiger partial charge in [0.15, 0.2) is 5.65 Å². The van der Waals surface area contributed by atoms with Gasteiger partial charge < -0.3 is 9.80 Å². The van der Waals surface area contributed by atoms with Crippen molar-refractivity contribution in [3.8, 4) is 11.1 Å². The van der Waals surface area contributed by atoms with Crippen molar-refractivity contribution in [2.24, 2.45) is 0 Å². The summed E-state index contributed by atoms with van der Waals surface area (Å²) in [7, 11) is 0. The van der Waals surface area contributed by atoms with Crippen LogP contribution >= 0.6 is 0 Å². The van der Waals surface area contributed by atoms with E-state index in [2.05, 4.69) is 27.1 Å². The van der Waals surface area contributed by atoms with Gasteiger partial charge in [-0.3, -0.25) is 14.7 Å². The van der Waals surface area contributed by atoms with Crippen LogP contribution in [0.1, 0.15) is 21.7 Å². The molecule has 1 N–H and O–H groups in total. The van der Waals surface area contributed by atoms with Crippen molar-refractivity contribution >= 4 is 17.2 Å². The van der Waals surface area contributed by atoms with Gasteiger partial charge in [-0.2, -0.15) is 17.7 Å². The highest BCUT2D eigenvalue weighted by Crippen LogP contribution is 2.38. The quantitative estimate of drug-likeness (QED) is 0.488. The van der Waals surface area contributed by atoms with Crippen molar-refractivity contribution in [3.05, 3.63) is 88.0 Å². The molecule has 0 saturated carbocycles. The Morgan fingerprint density at radius 3 is 2.40 bits per heavy atom. The molecular weight excluding hydrogens is 459 g/mol. The number of anilines is 1. The number of amides is 1. The van der Waals surface area contributed by atoms with E-state index in [1.54, 1.807) is 30.3 Å². The molecule has 0 atom stereocenters. The number of aryl methyl sites for hydroxylation is 1. The maximum Gasteiger partial charge on any atom is 0.433 e. The van der Waals surface area contributed by atoms with Gasteiger partial charge in [0.05, 0.1) is 11.3 Å². The number of aromatic amines is 1. The topological polar surface area (TPSA) is 73.7 Å². The van der Waals surface area contributed by atoms with E-state index in [0.717, 1.165) is 10.2 Å². The van der Waals surface area contributed by atoms with E-state index >= 15 is 0 Å². The summed E-state index contributed by atoms with van der Waals surface area (Å²) in [5, 5.41) is 2.16. The Labute approximate surface area is 198 Å². The van der Waals surface area contributed by atoms with Crippen LogP contribution in [0.3, 0.4) is 0 Å². The fourth-order valence-electron chi connectivity index (χ4n) is 4.37. The summed E-state index contributed by atoms with van der Waals surface area (Å²) in [6.07, 6.45) is -4.76. The predicted molar refractivity (Wildman–Crippen MR) is 123 cm³/mol. The molecule has 35 heavy (non-hydrogen) atoms. The molecule has 1 fully saturated rings. The lowest BCUT2D eigenvalue weighted by molar-refractivity contribution is -0.140. The SMILES string of the molecule is Cc1nc2c(-c3ccccc3)c(C(F)(F)F)[nH]n2c(=O)c1C(=O)N1CCN(c2cc#ccc2)CC1. The molecule has 0 spiro atoms. The monoisotopic (exact) mass is 479 g/mol. The first-order valence-corrected chi connectivity index (χ1v) is 11.0. The highest BCUT2D eigenvalue weighted by atomic mass is 19.4. The van der Waals surface area contributed by atoms with Crippen LogP contribution < -0.4 is 10.5 Å². The number of aromatic nitrogens is 3. The van der Waals surface area contributed by atoms with Crippen LogP contribution in [0.5, 0.6) is 0 Å². The first-order chi connectivity index (χ1) is 16.8. The van der Waals surface area contributed by atoms with Gasteiger partial charge in [0.25, 0.3) is 11.5 Å². The highest BCUT2D eigenvalue weighted by molar-refractivity contribution is 5.95. The number of benzene rings is 1. The van der Waals surface area contributed by atoms with E-state index < -0.39 is 23.3 Å². The molecule has 0 aliphatic carbocycles. The fraction of sp³-hybridized carbons (Fsp3) is 0.240. The number of carbonyl (C=O) groups is 1. The Morgan fingerprint density at radius 2 is 1.77 bits per heavy atom. The molecule has 1 aliphatic rings. The van der Waals surface area contributed by atoms with Gasteiger partial charge in [-0.25, -0.2) is 4.98 Å². The van der Waals surface area contributed by atoms with Gasteiger partial charge in [0, 0.05) is 37.9 Å². The van der Waals surface area contributed by atoms with Crippen LogP contribution in [0.2, 0.25) is 0 Å². The number of H-pyrrole nitrogens is 1. The van der Waals surface area contributed by atoms with Crippen molar-refractivity contribution in [2.75, 3.05) is 31.1 Å². The van der Waals surface area contributed by atoms with E-state index in [4.69, 9.17) is 0 Å². The molecule has 0 unspecified atom stereocenters. The van der Waals surface area contributed by atoms with Crippen molar-refractivity contribution in [1.29, 1.82) is 0 Å². The third-order valence-corrected chi connectivity index (χ3v) is 6.09. The molecule has 1 aliphatic heterocycles. The van der Waals surface area contributed by atoms with Gasteiger partial charge in [0.1, 0.15) is 11.3 Å². The van der Waals surface area contributed by atoms with Gasteiger partial charge in [0.2, 0.25) is 0 Å². The summed E-state index contributed by atoms with van der Waals surface area (Å²) in [4.78, 5) is 34.5. The second-order valence-electron chi connectivity index (χ2n) is 8.23. The Morgan fingerprint density at radius 1 is 1.06 bits per heavy atom. The number of piperazine rings is 1. The van der Waals surface area contributed by atoms with E-state index in [1.165, 1.54) is 24.0 Å². The molecule has 4 aromatic rings. The molecule has 0 radical (unpaired) electrons. The van der Waals surface area contributed by atoms with Crippen LogP contribution in [0.15, 0.2) is 53.3 Å². The molecule has 3 heterocycles. The Balaban J connectivity index is 1.53. The molecule has 5 rings (SSSR count). The number of hydrogen-bond donors (Lipinski definition) is 1. The average Bonchev–Trinajstić information content (AvgIpc) is 3.25. The van der Waals surface area contributed by atoms with E-state index in [1.807, 2.05) is 6.07 Å².